The van der Waals surface area contributed by atoms with Gasteiger partial charge < -0.3 is 13.8 Å². The van der Waals surface area contributed by atoms with Gasteiger partial charge in [0.25, 0.3) is 0 Å². The molecule has 76 valence electrons. The summed E-state index contributed by atoms with van der Waals surface area (Å²) in [6, 6.07) is 2.00. The van der Waals surface area contributed by atoms with Crippen molar-refractivity contribution < 1.29 is 13.8 Å². The first kappa shape index (κ1) is 7.92. The zero-order valence-electron chi connectivity index (χ0n) is 7.45. The van der Waals surface area contributed by atoms with Gasteiger partial charge in [-0.1, -0.05) is 10.3 Å². The topological polar surface area (TPSA) is 76.6 Å². The van der Waals surface area contributed by atoms with Crippen LogP contribution in [0.2, 0.25) is 0 Å². The molecule has 7 heteroatoms. The Hall–Kier alpha value is -2.44. The summed E-state index contributed by atoms with van der Waals surface area (Å²) in [6.45, 7) is 0. The minimum absolute atomic E-state index is 0.310. The molecule has 7 nitrogen and oxygen atoms in total. The first-order valence-corrected chi connectivity index (χ1v) is 4.18. The summed E-state index contributed by atoms with van der Waals surface area (Å²) in [5, 5.41) is 5.01. The molecule has 0 amide bonds. The van der Waals surface area contributed by atoms with E-state index in [9.17, 15) is 0 Å². The fourth-order valence-electron chi connectivity index (χ4n) is 1.14. The molecule has 0 saturated carbocycles. The molecule has 15 heavy (non-hydrogen) atoms. The predicted molar refractivity (Wildman–Crippen MR) is 47.7 cm³/mol. The number of hydrogen-bond acceptors (Lipinski definition) is 7. The van der Waals surface area contributed by atoms with Gasteiger partial charge in [0.15, 0.2) is 5.69 Å². The fraction of sp³-hybridized carbons (Fsp3) is 0. The lowest BCUT2D eigenvalue weighted by Crippen LogP contribution is -2.28. The molecule has 1 N–H and O–H groups in total. The lowest BCUT2D eigenvalue weighted by atomic mass is 10.4. The molecule has 0 aromatic carbocycles. The molecule has 3 heterocycles. The van der Waals surface area contributed by atoms with E-state index in [1.807, 2.05) is 0 Å². The third kappa shape index (κ3) is 1.30. The number of hydrazine groups is 1. The molecule has 0 radical (unpaired) electrons. The Morgan fingerprint density at radius 2 is 2.33 bits per heavy atom. The molecule has 1 aliphatic rings. The highest BCUT2D eigenvalue weighted by atomic mass is 16.7. The molecular weight excluding hydrogens is 200 g/mol. The standard InChI is InChI=1S/C8H6N4O3/c1-3-14-11-6(1)7-5-10-12(15-7)8-9-2-4-13-8/h1-5,10H. The van der Waals surface area contributed by atoms with E-state index in [0.29, 0.717) is 17.5 Å². The molecule has 0 atom stereocenters. The lowest BCUT2D eigenvalue weighted by molar-refractivity contribution is 0.217. The summed E-state index contributed by atoms with van der Waals surface area (Å²) < 4.78 is 9.73. The quantitative estimate of drug-likeness (QED) is 0.782. The Bertz CT molecular complexity index is 462. The lowest BCUT2D eigenvalue weighted by Gasteiger charge is -2.11. The second-order valence-corrected chi connectivity index (χ2v) is 2.72. The van der Waals surface area contributed by atoms with Crippen molar-refractivity contribution >= 4 is 11.8 Å². The van der Waals surface area contributed by atoms with Crippen LogP contribution in [0.15, 0.2) is 39.9 Å². The van der Waals surface area contributed by atoms with Crippen molar-refractivity contribution in [1.29, 1.82) is 0 Å². The first-order valence-electron chi connectivity index (χ1n) is 4.18. The Morgan fingerprint density at radius 3 is 3.07 bits per heavy atom. The van der Waals surface area contributed by atoms with Crippen molar-refractivity contribution in [2.75, 3.05) is 5.17 Å². The van der Waals surface area contributed by atoms with Gasteiger partial charge in [0, 0.05) is 6.07 Å². The highest BCUT2D eigenvalue weighted by Gasteiger charge is 2.22. The SMILES string of the molecule is C1=C(c2ccon2)ON(c2ncco2)N1. The monoisotopic (exact) mass is 206 g/mol. The second-order valence-electron chi connectivity index (χ2n) is 2.72. The van der Waals surface area contributed by atoms with Gasteiger partial charge in [0.05, 0.1) is 12.4 Å². The van der Waals surface area contributed by atoms with E-state index in [4.69, 9.17) is 13.8 Å². The van der Waals surface area contributed by atoms with Gasteiger partial charge in [0.1, 0.15) is 12.5 Å². The van der Waals surface area contributed by atoms with Crippen LogP contribution in [0.3, 0.4) is 0 Å². The molecule has 2 aromatic heterocycles. The van der Waals surface area contributed by atoms with Gasteiger partial charge in [-0.05, 0) is 0 Å². The van der Waals surface area contributed by atoms with Crippen molar-refractivity contribution in [3.05, 3.63) is 36.7 Å². The highest BCUT2D eigenvalue weighted by Crippen LogP contribution is 2.22. The smallest absolute Gasteiger partial charge is 0.352 e. The minimum Gasteiger partial charge on any atom is -0.429 e. The maximum absolute atomic E-state index is 5.35. The van der Waals surface area contributed by atoms with E-state index in [2.05, 4.69) is 15.6 Å². The van der Waals surface area contributed by atoms with Crippen molar-refractivity contribution in [3.8, 4) is 0 Å². The predicted octanol–water partition coefficient (Wildman–Crippen LogP) is 0.917. The minimum atomic E-state index is 0.310. The summed E-state index contributed by atoms with van der Waals surface area (Å²) in [5.41, 5.74) is 3.40. The van der Waals surface area contributed by atoms with E-state index in [1.165, 1.54) is 23.9 Å². The molecule has 0 saturated heterocycles. The molecule has 0 unspecified atom stereocenters. The van der Waals surface area contributed by atoms with Gasteiger partial charge in [-0.2, -0.15) is 4.98 Å². The van der Waals surface area contributed by atoms with Crippen LogP contribution >= 0.6 is 0 Å². The summed E-state index contributed by atoms with van der Waals surface area (Å²) >= 11 is 0. The zero-order chi connectivity index (χ0) is 10.1. The van der Waals surface area contributed by atoms with Gasteiger partial charge in [0.2, 0.25) is 5.76 Å². The molecule has 0 bridgehead atoms. The summed E-state index contributed by atoms with van der Waals surface area (Å²) in [4.78, 5) is 9.26. The Morgan fingerprint density at radius 1 is 1.33 bits per heavy atom. The number of aromatic nitrogens is 2. The molecule has 0 spiro atoms. The average molecular weight is 206 g/mol. The summed E-state index contributed by atoms with van der Waals surface area (Å²) in [5.74, 6) is 0.530. The largest absolute Gasteiger partial charge is 0.429 e. The van der Waals surface area contributed by atoms with Crippen molar-refractivity contribution in [2.24, 2.45) is 0 Å². The van der Waals surface area contributed by atoms with E-state index in [1.54, 1.807) is 12.3 Å². The van der Waals surface area contributed by atoms with Crippen molar-refractivity contribution in [1.82, 2.24) is 15.6 Å². The van der Waals surface area contributed by atoms with E-state index in [-0.39, 0.29) is 0 Å². The van der Waals surface area contributed by atoms with Gasteiger partial charge in [-0.25, -0.2) is 0 Å². The van der Waals surface area contributed by atoms with Crippen LogP contribution in [0.1, 0.15) is 5.69 Å². The molecular formula is C8H6N4O3. The number of hydrogen-bond donors (Lipinski definition) is 1. The first-order chi connectivity index (χ1) is 7.43. The molecule has 0 aliphatic carbocycles. The summed E-state index contributed by atoms with van der Waals surface area (Å²) in [7, 11) is 0. The second kappa shape index (κ2) is 3.05. The van der Waals surface area contributed by atoms with Crippen LogP contribution < -0.4 is 10.6 Å². The van der Waals surface area contributed by atoms with Crippen LogP contribution in [0.4, 0.5) is 6.01 Å². The number of rotatable bonds is 2. The Labute approximate surface area is 83.8 Å². The molecule has 1 aliphatic heterocycles. The van der Waals surface area contributed by atoms with Crippen LogP contribution in [0, 0.1) is 0 Å². The third-order valence-corrected chi connectivity index (χ3v) is 1.79. The third-order valence-electron chi connectivity index (χ3n) is 1.79. The zero-order valence-corrected chi connectivity index (χ0v) is 7.45. The van der Waals surface area contributed by atoms with E-state index < -0.39 is 0 Å². The normalized spacial score (nSPS) is 14.7. The Kier molecular flexibility index (Phi) is 1.61. The number of nitrogens with zero attached hydrogens (tertiary/aromatic N) is 3. The van der Waals surface area contributed by atoms with Gasteiger partial charge in [-0.15, -0.1) is 0 Å². The average Bonchev–Trinajstić information content (AvgIpc) is 3.02. The maximum atomic E-state index is 5.35. The van der Waals surface area contributed by atoms with E-state index >= 15 is 0 Å². The van der Waals surface area contributed by atoms with Crippen molar-refractivity contribution in [2.45, 2.75) is 0 Å². The number of oxazole rings is 1. The van der Waals surface area contributed by atoms with Crippen LogP contribution in [-0.2, 0) is 4.84 Å². The molecule has 0 fully saturated rings. The van der Waals surface area contributed by atoms with Gasteiger partial charge in [-0.3, -0.25) is 5.43 Å². The van der Waals surface area contributed by atoms with Crippen LogP contribution in [-0.4, -0.2) is 10.1 Å². The van der Waals surface area contributed by atoms with Gasteiger partial charge >= 0.3 is 6.01 Å². The maximum Gasteiger partial charge on any atom is 0.352 e. The highest BCUT2D eigenvalue weighted by molar-refractivity contribution is 5.58. The van der Waals surface area contributed by atoms with Crippen LogP contribution in [0.5, 0.6) is 0 Å². The summed E-state index contributed by atoms with van der Waals surface area (Å²) in [6.07, 6.45) is 6.07. The molecule has 2 aromatic rings. The number of nitrogens with one attached hydrogen (secondary N) is 1. The Balaban J connectivity index is 1.78. The van der Waals surface area contributed by atoms with E-state index in [0.717, 1.165) is 0 Å². The van der Waals surface area contributed by atoms with Crippen molar-refractivity contribution in [3.63, 3.8) is 0 Å². The fourth-order valence-corrected chi connectivity index (χ4v) is 1.14. The molecule has 3 rings (SSSR count). The van der Waals surface area contributed by atoms with Crippen LogP contribution in [0.25, 0.3) is 5.76 Å². The number of anilines is 1.